The van der Waals surface area contributed by atoms with Crippen LogP contribution >= 0.6 is 15.9 Å². The SMILES string of the molecule is Cc1[nH]nc2c1C(c1ccccc1OCc1cccc(Br)c1)C(C#N)=C(N)O2. The molecular weight excluding hydrogens is 420 g/mol. The maximum Gasteiger partial charge on any atom is 0.244 e. The molecule has 140 valence electrons. The normalized spacial score (nSPS) is 15.5. The van der Waals surface area contributed by atoms with E-state index in [1.807, 2.05) is 55.5 Å². The number of H-pyrrole nitrogens is 1. The van der Waals surface area contributed by atoms with E-state index in [4.69, 9.17) is 15.2 Å². The van der Waals surface area contributed by atoms with Gasteiger partial charge in [-0.25, -0.2) is 0 Å². The average Bonchev–Trinajstić information content (AvgIpc) is 3.06. The van der Waals surface area contributed by atoms with Crippen LogP contribution in [0.4, 0.5) is 0 Å². The number of rotatable bonds is 4. The van der Waals surface area contributed by atoms with E-state index in [0.29, 0.717) is 23.8 Å². The lowest BCUT2D eigenvalue weighted by atomic mass is 9.83. The molecule has 0 spiro atoms. The molecule has 6 nitrogen and oxygen atoms in total. The first kappa shape index (κ1) is 18.1. The molecule has 0 amide bonds. The first-order chi connectivity index (χ1) is 13.6. The maximum absolute atomic E-state index is 9.73. The molecule has 3 N–H and O–H groups in total. The zero-order valence-electron chi connectivity index (χ0n) is 15.1. The second-order valence-corrected chi connectivity index (χ2v) is 7.36. The largest absolute Gasteiger partial charge is 0.489 e. The Morgan fingerprint density at radius 3 is 2.89 bits per heavy atom. The number of aryl methyl sites for hydroxylation is 1. The number of benzene rings is 2. The molecule has 2 heterocycles. The number of nitriles is 1. The number of ether oxygens (including phenoxy) is 2. The molecule has 28 heavy (non-hydrogen) atoms. The molecule has 0 bridgehead atoms. The van der Waals surface area contributed by atoms with Gasteiger partial charge in [-0.3, -0.25) is 5.10 Å². The van der Waals surface area contributed by atoms with Crippen molar-refractivity contribution in [2.75, 3.05) is 0 Å². The molecule has 1 unspecified atom stereocenters. The Bertz CT molecular complexity index is 1110. The van der Waals surface area contributed by atoms with Crippen LogP contribution in [0.15, 0.2) is 64.5 Å². The fraction of sp³-hybridized carbons (Fsp3) is 0.143. The van der Waals surface area contributed by atoms with Gasteiger partial charge in [-0.1, -0.05) is 46.3 Å². The molecule has 0 fully saturated rings. The van der Waals surface area contributed by atoms with Crippen LogP contribution in [0, 0.1) is 18.3 Å². The van der Waals surface area contributed by atoms with Gasteiger partial charge < -0.3 is 15.2 Å². The number of hydrogen-bond acceptors (Lipinski definition) is 5. The Labute approximate surface area is 170 Å². The number of hydrogen-bond donors (Lipinski definition) is 2. The van der Waals surface area contributed by atoms with Gasteiger partial charge in [0.2, 0.25) is 11.8 Å². The molecule has 0 radical (unpaired) electrons. The Morgan fingerprint density at radius 1 is 1.29 bits per heavy atom. The lowest BCUT2D eigenvalue weighted by Crippen LogP contribution is -2.21. The highest BCUT2D eigenvalue weighted by Gasteiger charge is 2.35. The molecule has 0 saturated carbocycles. The molecule has 0 saturated heterocycles. The van der Waals surface area contributed by atoms with E-state index in [9.17, 15) is 5.26 Å². The smallest absolute Gasteiger partial charge is 0.244 e. The summed E-state index contributed by atoms with van der Waals surface area (Å²) in [4.78, 5) is 0. The lowest BCUT2D eigenvalue weighted by molar-refractivity contribution is 0.301. The van der Waals surface area contributed by atoms with E-state index in [0.717, 1.165) is 26.9 Å². The molecule has 1 aromatic heterocycles. The first-order valence-electron chi connectivity index (χ1n) is 8.67. The third-order valence-corrected chi connectivity index (χ3v) is 5.14. The first-order valence-corrected chi connectivity index (χ1v) is 9.46. The van der Waals surface area contributed by atoms with E-state index >= 15 is 0 Å². The zero-order chi connectivity index (χ0) is 19.7. The number of nitrogens with one attached hydrogen (secondary N) is 1. The van der Waals surface area contributed by atoms with Gasteiger partial charge >= 0.3 is 0 Å². The molecular formula is C21H17BrN4O2. The number of para-hydroxylation sites is 1. The van der Waals surface area contributed by atoms with Gasteiger partial charge in [-0.15, -0.1) is 5.10 Å². The van der Waals surface area contributed by atoms with E-state index in [1.165, 1.54) is 0 Å². The highest BCUT2D eigenvalue weighted by atomic mass is 79.9. The molecule has 1 atom stereocenters. The summed E-state index contributed by atoms with van der Waals surface area (Å²) in [5.74, 6) is 0.724. The Morgan fingerprint density at radius 2 is 2.11 bits per heavy atom. The fourth-order valence-corrected chi connectivity index (χ4v) is 3.79. The number of aromatic nitrogens is 2. The molecule has 7 heteroatoms. The van der Waals surface area contributed by atoms with Crippen LogP contribution in [0.5, 0.6) is 11.6 Å². The number of nitrogens with two attached hydrogens (primary N) is 1. The third-order valence-electron chi connectivity index (χ3n) is 4.64. The van der Waals surface area contributed by atoms with Gasteiger partial charge in [-0.2, -0.15) is 5.26 Å². The number of aromatic amines is 1. The summed E-state index contributed by atoms with van der Waals surface area (Å²) in [7, 11) is 0. The minimum atomic E-state index is -0.411. The van der Waals surface area contributed by atoms with Crippen LogP contribution in [-0.2, 0) is 6.61 Å². The van der Waals surface area contributed by atoms with E-state index < -0.39 is 5.92 Å². The van der Waals surface area contributed by atoms with Crippen molar-refractivity contribution < 1.29 is 9.47 Å². The minimum absolute atomic E-state index is 0.0632. The van der Waals surface area contributed by atoms with Crippen LogP contribution in [0.3, 0.4) is 0 Å². The number of allylic oxidation sites excluding steroid dienone is 1. The van der Waals surface area contributed by atoms with Gasteiger partial charge in [0.1, 0.15) is 24.0 Å². The summed E-state index contributed by atoms with van der Waals surface area (Å²) in [6.45, 7) is 2.29. The second kappa shape index (κ2) is 7.41. The van der Waals surface area contributed by atoms with E-state index in [2.05, 4.69) is 32.2 Å². The summed E-state index contributed by atoms with van der Waals surface area (Å²) in [5, 5.41) is 16.8. The van der Waals surface area contributed by atoms with Crippen LogP contribution in [0.2, 0.25) is 0 Å². The number of halogens is 1. The quantitative estimate of drug-likeness (QED) is 0.635. The molecule has 1 aliphatic heterocycles. The van der Waals surface area contributed by atoms with Crippen molar-refractivity contribution in [3.05, 3.63) is 86.8 Å². The van der Waals surface area contributed by atoms with Gasteiger partial charge in [0.25, 0.3) is 0 Å². The standard InChI is InChI=1S/C21H17BrN4O2/c1-12-18-19(16(10-23)20(24)28-21(18)26-25-12)15-7-2-3-8-17(15)27-11-13-5-4-6-14(22)9-13/h2-9,19H,11,24H2,1H3,(H,25,26). The van der Waals surface area contributed by atoms with Crippen molar-refractivity contribution in [2.45, 2.75) is 19.4 Å². The fourth-order valence-electron chi connectivity index (χ4n) is 3.35. The monoisotopic (exact) mass is 436 g/mol. The minimum Gasteiger partial charge on any atom is -0.489 e. The maximum atomic E-state index is 9.73. The highest BCUT2D eigenvalue weighted by Crippen LogP contribution is 2.45. The molecule has 4 rings (SSSR count). The van der Waals surface area contributed by atoms with Crippen molar-refractivity contribution in [2.24, 2.45) is 5.73 Å². The van der Waals surface area contributed by atoms with E-state index in [-0.39, 0.29) is 5.88 Å². The van der Waals surface area contributed by atoms with Crippen LogP contribution in [0.1, 0.15) is 28.3 Å². The zero-order valence-corrected chi connectivity index (χ0v) is 16.7. The van der Waals surface area contributed by atoms with Gasteiger partial charge in [0, 0.05) is 21.3 Å². The summed E-state index contributed by atoms with van der Waals surface area (Å²) < 4.78 is 12.7. The highest BCUT2D eigenvalue weighted by molar-refractivity contribution is 9.10. The van der Waals surface area contributed by atoms with Crippen molar-refractivity contribution >= 4 is 15.9 Å². The van der Waals surface area contributed by atoms with Crippen LogP contribution < -0.4 is 15.2 Å². The van der Waals surface area contributed by atoms with Crippen LogP contribution in [0.25, 0.3) is 0 Å². The molecule has 1 aliphatic rings. The van der Waals surface area contributed by atoms with Gasteiger partial charge in [0.05, 0.1) is 5.92 Å². The average molecular weight is 437 g/mol. The third kappa shape index (κ3) is 3.23. The van der Waals surface area contributed by atoms with Crippen molar-refractivity contribution in [1.29, 1.82) is 5.26 Å². The Balaban J connectivity index is 1.75. The molecule has 3 aromatic rings. The topological polar surface area (TPSA) is 97.0 Å². The van der Waals surface area contributed by atoms with Crippen molar-refractivity contribution in [1.82, 2.24) is 10.2 Å². The molecule has 0 aliphatic carbocycles. The van der Waals surface area contributed by atoms with Crippen molar-refractivity contribution in [3.63, 3.8) is 0 Å². The predicted octanol–water partition coefficient (Wildman–Crippen LogP) is 4.28. The lowest BCUT2D eigenvalue weighted by Gasteiger charge is -2.25. The summed E-state index contributed by atoms with van der Waals surface area (Å²) in [5.41, 5.74) is 9.84. The Hall–Kier alpha value is -3.24. The predicted molar refractivity (Wildman–Crippen MR) is 108 cm³/mol. The van der Waals surface area contributed by atoms with E-state index in [1.54, 1.807) is 0 Å². The number of fused-ring (bicyclic) bond motifs is 1. The second-order valence-electron chi connectivity index (χ2n) is 6.45. The Kier molecular flexibility index (Phi) is 4.80. The summed E-state index contributed by atoms with van der Waals surface area (Å²) in [6.07, 6.45) is 0. The molecule has 2 aromatic carbocycles. The summed E-state index contributed by atoms with van der Waals surface area (Å²) >= 11 is 3.47. The van der Waals surface area contributed by atoms with Gasteiger partial charge in [0.15, 0.2) is 0 Å². The van der Waals surface area contributed by atoms with Crippen LogP contribution in [-0.4, -0.2) is 10.2 Å². The number of nitrogens with zero attached hydrogens (tertiary/aromatic N) is 2. The van der Waals surface area contributed by atoms with Gasteiger partial charge in [-0.05, 0) is 30.7 Å². The summed E-state index contributed by atoms with van der Waals surface area (Å²) in [6, 6.07) is 17.8. The van der Waals surface area contributed by atoms with Crippen molar-refractivity contribution in [3.8, 4) is 17.7 Å².